The lowest BCUT2D eigenvalue weighted by molar-refractivity contribution is 0.0745. The van der Waals surface area contributed by atoms with Crippen molar-refractivity contribution in [1.29, 1.82) is 0 Å². The highest BCUT2D eigenvalue weighted by Gasteiger charge is 2.26. The monoisotopic (exact) mass is 455 g/mol. The van der Waals surface area contributed by atoms with Gasteiger partial charge in [0.15, 0.2) is 5.58 Å². The number of rotatable bonds is 3. The molecular weight excluding hydrogens is 430 g/mol. The van der Waals surface area contributed by atoms with Gasteiger partial charge in [0.1, 0.15) is 0 Å². The second-order valence-corrected chi connectivity index (χ2v) is 8.90. The Labute approximate surface area is 191 Å². The van der Waals surface area contributed by atoms with Crippen LogP contribution in [0.2, 0.25) is 5.02 Å². The fourth-order valence-electron chi connectivity index (χ4n) is 4.32. The quantitative estimate of drug-likeness (QED) is 0.649. The molecular formula is C23H26ClN5O3. The number of piperidine rings is 1. The van der Waals surface area contributed by atoms with Gasteiger partial charge in [-0.2, -0.15) is 4.98 Å². The minimum absolute atomic E-state index is 0.0275. The number of amides is 1. The van der Waals surface area contributed by atoms with E-state index in [4.69, 9.17) is 16.0 Å². The van der Waals surface area contributed by atoms with Crippen LogP contribution in [0, 0.1) is 6.92 Å². The number of fused-ring (bicyclic) bond motifs is 1. The SMILES string of the molecule is Cc1ccc2oc(N3CCN(C(=O)c4cc(Cl)cc(N5CCC(O)CC5)c4)CC3)nc2n1. The first-order valence-corrected chi connectivity index (χ1v) is 11.4. The summed E-state index contributed by atoms with van der Waals surface area (Å²) in [6.07, 6.45) is 1.20. The Morgan fingerprint density at radius 1 is 1.03 bits per heavy atom. The number of aliphatic hydroxyl groups excluding tert-OH is 1. The van der Waals surface area contributed by atoms with Gasteiger partial charge in [-0.3, -0.25) is 4.79 Å². The molecule has 2 aliphatic rings. The van der Waals surface area contributed by atoms with E-state index in [2.05, 4.69) is 14.9 Å². The van der Waals surface area contributed by atoms with Crippen molar-refractivity contribution in [3.05, 3.63) is 46.6 Å². The van der Waals surface area contributed by atoms with Gasteiger partial charge < -0.3 is 24.2 Å². The van der Waals surface area contributed by atoms with E-state index in [0.29, 0.717) is 54.0 Å². The number of halogens is 1. The van der Waals surface area contributed by atoms with Crippen molar-refractivity contribution in [2.75, 3.05) is 49.1 Å². The van der Waals surface area contributed by atoms with E-state index in [1.165, 1.54) is 0 Å². The summed E-state index contributed by atoms with van der Waals surface area (Å²) in [5.41, 5.74) is 3.69. The second-order valence-electron chi connectivity index (χ2n) is 8.47. The number of aliphatic hydroxyl groups is 1. The van der Waals surface area contributed by atoms with Crippen LogP contribution in [0.25, 0.3) is 11.2 Å². The number of carbonyl (C=O) groups is 1. The third-order valence-electron chi connectivity index (χ3n) is 6.18. The summed E-state index contributed by atoms with van der Waals surface area (Å²) in [6.45, 7) is 5.85. The van der Waals surface area contributed by atoms with Crippen LogP contribution in [0.15, 0.2) is 34.7 Å². The highest BCUT2D eigenvalue weighted by atomic mass is 35.5. The lowest BCUT2D eigenvalue weighted by Gasteiger charge is -2.34. The average molecular weight is 456 g/mol. The predicted molar refractivity (Wildman–Crippen MR) is 124 cm³/mol. The van der Waals surface area contributed by atoms with Crippen LogP contribution in [0.4, 0.5) is 11.7 Å². The average Bonchev–Trinajstić information content (AvgIpc) is 3.22. The topological polar surface area (TPSA) is 85.9 Å². The molecule has 1 amide bonds. The largest absolute Gasteiger partial charge is 0.422 e. The Morgan fingerprint density at radius 3 is 2.53 bits per heavy atom. The van der Waals surface area contributed by atoms with Gasteiger partial charge in [0.2, 0.25) is 5.65 Å². The first-order valence-electron chi connectivity index (χ1n) is 11.0. The van der Waals surface area contributed by atoms with E-state index >= 15 is 0 Å². The lowest BCUT2D eigenvalue weighted by atomic mass is 10.1. The molecule has 2 aliphatic heterocycles. The second kappa shape index (κ2) is 8.60. The molecule has 2 aromatic heterocycles. The minimum atomic E-state index is -0.246. The molecule has 8 nitrogen and oxygen atoms in total. The van der Waals surface area contributed by atoms with Crippen molar-refractivity contribution in [2.24, 2.45) is 0 Å². The molecule has 0 radical (unpaired) electrons. The number of aryl methyl sites for hydroxylation is 1. The van der Waals surface area contributed by atoms with Gasteiger partial charge in [-0.25, -0.2) is 4.98 Å². The fraction of sp³-hybridized carbons (Fsp3) is 0.435. The number of hydrogen-bond acceptors (Lipinski definition) is 7. The molecule has 3 aromatic rings. The predicted octanol–water partition coefficient (Wildman–Crippen LogP) is 3.11. The maximum atomic E-state index is 13.2. The van der Waals surface area contributed by atoms with Gasteiger partial charge in [-0.15, -0.1) is 0 Å². The van der Waals surface area contributed by atoms with E-state index in [-0.39, 0.29) is 12.0 Å². The van der Waals surface area contributed by atoms with E-state index in [1.807, 2.05) is 41.0 Å². The van der Waals surface area contributed by atoms with Gasteiger partial charge in [-0.05, 0) is 50.1 Å². The van der Waals surface area contributed by atoms with Crippen LogP contribution in [0.5, 0.6) is 0 Å². The van der Waals surface area contributed by atoms with E-state index < -0.39 is 0 Å². The Bertz CT molecular complexity index is 1130. The Kier molecular flexibility index (Phi) is 5.65. The van der Waals surface area contributed by atoms with Crippen molar-refractivity contribution in [2.45, 2.75) is 25.9 Å². The number of benzene rings is 1. The van der Waals surface area contributed by atoms with Crippen molar-refractivity contribution in [3.63, 3.8) is 0 Å². The van der Waals surface area contributed by atoms with E-state index in [1.54, 1.807) is 6.07 Å². The summed E-state index contributed by atoms with van der Waals surface area (Å²) in [6, 6.07) is 9.85. The molecule has 2 saturated heterocycles. The molecule has 1 aromatic carbocycles. The summed E-state index contributed by atoms with van der Waals surface area (Å²) in [4.78, 5) is 28.2. The lowest BCUT2D eigenvalue weighted by Crippen LogP contribution is -2.49. The molecule has 1 N–H and O–H groups in total. The maximum absolute atomic E-state index is 13.2. The van der Waals surface area contributed by atoms with Gasteiger partial charge in [-0.1, -0.05) is 11.6 Å². The normalized spacial score (nSPS) is 17.9. The molecule has 0 saturated carbocycles. The van der Waals surface area contributed by atoms with Crippen LogP contribution < -0.4 is 9.80 Å². The van der Waals surface area contributed by atoms with E-state index in [9.17, 15) is 9.90 Å². The van der Waals surface area contributed by atoms with Crippen molar-refractivity contribution < 1.29 is 14.3 Å². The van der Waals surface area contributed by atoms with Crippen molar-refractivity contribution in [1.82, 2.24) is 14.9 Å². The number of aromatic nitrogens is 2. The molecule has 5 rings (SSSR count). The molecule has 0 spiro atoms. The van der Waals surface area contributed by atoms with Gasteiger partial charge >= 0.3 is 0 Å². The van der Waals surface area contributed by atoms with Crippen molar-refractivity contribution >= 4 is 40.4 Å². The number of piperazine rings is 1. The van der Waals surface area contributed by atoms with Crippen molar-refractivity contribution in [3.8, 4) is 0 Å². The Balaban J connectivity index is 1.27. The Morgan fingerprint density at radius 2 is 1.78 bits per heavy atom. The molecule has 0 aliphatic carbocycles. The van der Waals surface area contributed by atoms with E-state index in [0.717, 1.165) is 37.3 Å². The smallest absolute Gasteiger partial charge is 0.300 e. The van der Waals surface area contributed by atoms with Crippen LogP contribution in [0.3, 0.4) is 0 Å². The molecule has 4 heterocycles. The number of pyridine rings is 1. The molecule has 9 heteroatoms. The zero-order valence-electron chi connectivity index (χ0n) is 18.0. The third-order valence-corrected chi connectivity index (χ3v) is 6.40. The highest BCUT2D eigenvalue weighted by Crippen LogP contribution is 2.27. The number of anilines is 2. The third kappa shape index (κ3) is 4.25. The number of oxazole rings is 1. The summed E-state index contributed by atoms with van der Waals surface area (Å²) in [5, 5.41) is 10.3. The van der Waals surface area contributed by atoms with Gasteiger partial charge in [0.25, 0.3) is 11.9 Å². The number of carbonyl (C=O) groups excluding carboxylic acids is 1. The van der Waals surface area contributed by atoms with Gasteiger partial charge in [0, 0.05) is 61.2 Å². The summed E-state index contributed by atoms with van der Waals surface area (Å²) >= 11 is 6.35. The highest BCUT2D eigenvalue weighted by molar-refractivity contribution is 6.31. The summed E-state index contributed by atoms with van der Waals surface area (Å²) in [7, 11) is 0. The molecule has 0 atom stereocenters. The molecule has 0 bridgehead atoms. The first kappa shape index (κ1) is 21.0. The minimum Gasteiger partial charge on any atom is -0.422 e. The maximum Gasteiger partial charge on any atom is 0.300 e. The van der Waals surface area contributed by atoms with Crippen LogP contribution >= 0.6 is 11.6 Å². The van der Waals surface area contributed by atoms with Crippen LogP contribution in [0.1, 0.15) is 28.9 Å². The van der Waals surface area contributed by atoms with Gasteiger partial charge in [0.05, 0.1) is 6.10 Å². The zero-order chi connectivity index (χ0) is 22.2. The molecule has 0 unspecified atom stereocenters. The van der Waals surface area contributed by atoms with Crippen LogP contribution in [-0.4, -0.2) is 71.3 Å². The molecule has 168 valence electrons. The first-order chi connectivity index (χ1) is 15.5. The van der Waals surface area contributed by atoms with Crippen LogP contribution in [-0.2, 0) is 0 Å². The summed E-state index contributed by atoms with van der Waals surface area (Å²) < 4.78 is 5.86. The summed E-state index contributed by atoms with van der Waals surface area (Å²) in [5.74, 6) is -0.0275. The standard InChI is InChI=1S/C23H26ClN5O3/c1-15-2-3-20-21(25-15)26-23(32-20)29-10-8-28(9-11-29)22(31)16-12-17(24)14-18(13-16)27-6-4-19(30)5-7-27/h2-3,12-14,19,30H,4-11H2,1H3. The number of hydrogen-bond donors (Lipinski definition) is 1. The molecule has 2 fully saturated rings. The molecule has 32 heavy (non-hydrogen) atoms. The fourth-order valence-corrected chi connectivity index (χ4v) is 4.55. The Hall–Kier alpha value is -2.84. The zero-order valence-corrected chi connectivity index (χ0v) is 18.8. The number of nitrogens with zero attached hydrogens (tertiary/aromatic N) is 5.